The van der Waals surface area contributed by atoms with Crippen LogP contribution in [0.4, 0.5) is 0 Å². The predicted octanol–water partition coefficient (Wildman–Crippen LogP) is 37.2. The largest absolute Gasteiger partial charge is 0.437 e. The van der Waals surface area contributed by atoms with Crippen LogP contribution in [0.15, 0.2) is 182 Å². The third-order valence-corrected chi connectivity index (χ3v) is 39.3. The maximum absolute atomic E-state index is 9.65. The number of hydrogen-bond donors (Lipinski definition) is 0. The van der Waals surface area contributed by atoms with Crippen LogP contribution < -0.4 is 18.3 Å². The lowest BCUT2D eigenvalue weighted by Gasteiger charge is -2.43. The summed E-state index contributed by atoms with van der Waals surface area (Å²) in [6.45, 7) is 31.3. The highest BCUT2D eigenvalue weighted by atomic mass is 16.4. The topological polar surface area (TPSA) is 120 Å². The molecule has 786 valence electrons. The first-order valence-electron chi connectivity index (χ1n) is 63.1. The molecule has 0 atom stereocenters. The van der Waals surface area contributed by atoms with Gasteiger partial charge in [-0.15, -0.1) is 0 Å². The molecule has 9 saturated carbocycles. The van der Waals surface area contributed by atoms with Crippen LogP contribution in [0.3, 0.4) is 0 Å². The molecule has 150 heavy (non-hydrogen) atoms. The minimum Gasteiger partial charge on any atom is -0.437 e. The van der Waals surface area contributed by atoms with E-state index in [1.54, 1.807) is 6.20 Å². The van der Waals surface area contributed by atoms with E-state index in [4.69, 9.17) is 36.7 Å². The fourth-order valence-corrected chi connectivity index (χ4v) is 28.2. The minimum atomic E-state index is -2.29. The number of nitrogens with zero attached hydrogens (tertiary/aromatic N) is 8. The lowest BCUT2D eigenvalue weighted by Crippen LogP contribution is -2.33. The van der Waals surface area contributed by atoms with Crippen LogP contribution in [-0.4, -0.2) is 19.9 Å². The quantitative estimate of drug-likeness (QED) is 0.105. The van der Waals surface area contributed by atoms with Gasteiger partial charge in [0.05, 0.1) is 22.3 Å². The van der Waals surface area contributed by atoms with Gasteiger partial charge >= 0.3 is 0 Å². The molecule has 9 fully saturated rings. The predicted molar refractivity (Wildman–Crippen MR) is 619 cm³/mol. The Morgan fingerprint density at radius 2 is 0.560 bits per heavy atom. The molecule has 0 aliphatic heterocycles. The zero-order valence-electron chi connectivity index (χ0n) is 104. The molecule has 0 N–H and O–H groups in total. The van der Waals surface area contributed by atoms with Crippen molar-refractivity contribution in [3.8, 4) is 45.0 Å². The van der Waals surface area contributed by atoms with E-state index in [1.165, 1.54) is 89.9 Å². The van der Waals surface area contributed by atoms with Crippen LogP contribution in [0.2, 0.25) is 0 Å². The number of rotatable bonds is 13. The Kier molecular flexibility index (Phi) is 25.5. The third kappa shape index (κ3) is 20.8. The van der Waals surface area contributed by atoms with Gasteiger partial charge < -0.3 is 17.7 Å². The van der Waals surface area contributed by atoms with Crippen molar-refractivity contribution in [2.75, 3.05) is 0 Å². The molecule has 25 rings (SSSR count). The van der Waals surface area contributed by atoms with Crippen molar-refractivity contribution in [3.63, 3.8) is 0 Å². The summed E-state index contributed by atoms with van der Waals surface area (Å²) in [7, 11) is 8.15. The Bertz CT molecular complexity index is 8250. The van der Waals surface area contributed by atoms with Crippen molar-refractivity contribution in [2.45, 2.75) is 409 Å². The van der Waals surface area contributed by atoms with Crippen LogP contribution >= 0.6 is 0 Å². The lowest BCUT2D eigenvalue weighted by molar-refractivity contribution is -0.660. The number of aromatic nitrogens is 8. The van der Waals surface area contributed by atoms with Crippen LogP contribution in [-0.2, 0) is 28.2 Å². The van der Waals surface area contributed by atoms with Crippen LogP contribution in [0.5, 0.6) is 0 Å². The molecule has 12 heterocycles. The Morgan fingerprint density at radius 1 is 0.287 bits per heavy atom. The summed E-state index contributed by atoms with van der Waals surface area (Å²) < 4.78 is 125. The van der Waals surface area contributed by atoms with E-state index in [2.05, 4.69) is 277 Å². The zero-order valence-corrected chi connectivity index (χ0v) is 94.1. The second kappa shape index (κ2) is 41.6. The number of hydrogen-bond acceptors (Lipinski definition) is 8. The average Bonchev–Trinajstić information content (AvgIpc) is 1.37. The van der Waals surface area contributed by atoms with Crippen LogP contribution in [0.1, 0.15) is 454 Å². The van der Waals surface area contributed by atoms with Gasteiger partial charge in [0.1, 0.15) is 28.2 Å². The number of pyridine rings is 8. The average molecular weight is 2020 g/mol. The third-order valence-electron chi connectivity index (χ3n) is 39.3. The fraction of sp³-hybridized carbons (Fsp3) is 0.536. The molecular weight excluding hydrogens is 1830 g/mol. The highest BCUT2D eigenvalue weighted by Crippen LogP contribution is 2.57. The fourth-order valence-electron chi connectivity index (χ4n) is 28.2. The van der Waals surface area contributed by atoms with E-state index in [1.807, 2.05) is 36.7 Å². The van der Waals surface area contributed by atoms with Crippen molar-refractivity contribution in [1.29, 1.82) is 0 Å². The molecule has 16 aromatic rings. The van der Waals surface area contributed by atoms with Gasteiger partial charge in [-0.2, -0.15) is 0 Å². The molecule has 9 aliphatic carbocycles. The summed E-state index contributed by atoms with van der Waals surface area (Å²) in [4.78, 5) is 19.6. The highest BCUT2D eigenvalue weighted by Gasteiger charge is 2.43. The highest BCUT2D eigenvalue weighted by molar-refractivity contribution is 6.12. The summed E-state index contributed by atoms with van der Waals surface area (Å²) in [5.41, 5.74) is 28.7. The Hall–Kier alpha value is -10.7. The second-order valence-electron chi connectivity index (χ2n) is 51.4. The molecule has 4 aromatic carbocycles. The molecule has 9 aliphatic rings. The van der Waals surface area contributed by atoms with Crippen molar-refractivity contribution in [2.24, 2.45) is 66.1 Å². The summed E-state index contributed by atoms with van der Waals surface area (Å²) in [5, 5.41) is 8.15. The van der Waals surface area contributed by atoms with Crippen molar-refractivity contribution in [1.82, 2.24) is 19.9 Å². The van der Waals surface area contributed by atoms with Crippen molar-refractivity contribution >= 4 is 88.3 Å². The standard InChI is InChI=1S/C37H47N2O.C36H47N2O.C34H43N2O.C31H37N2O/c1-25-8-9-29-30-10-11-31(27-12-19-36(2,3)20-13-27)38-35(30)40-34(29)33(25)32-24-28(16-23-39(32)4)26-14-21-37(22-15-26)17-6-5-7-18-37;1-7-36(8-2)20-15-25(16-21-36)27-17-22-38(6)31(23-27)32-24(3)9-10-28-29-11-12-30(37-34(29)39-33(28)32)26-13-18-35(4,5)19-14-26;1-22-7-8-26-27-9-10-28(24-13-18-34(4,5)19-14-24)35-32(27)37-31(26)30(22)29-21-25(15-20-36(29)6)23-11-16-33(2,3)17-12-23;1-20-8-10-24-25-11-9-22(3)32-30(25)34-29(24)28(20)27-18-26(21(2)19-33(27)4)23-12-16-31(17-13-23)14-6-5-7-15-31/h8-11,16,23-24,26-27H,5-7,12-15,17-22H2,1-4H3;9-12,17,22-23,25-26H,7-8,13-16,18-21H2,1-6H3;7-10,15,20-21,23-24H,11-14,16-19H2,1-6H3;8-11,18-19,23H,5-7,12-17H2,1-4H3/q4*+1/i26D,27D;25D,26D;23D,24D;2D3,23D. The summed E-state index contributed by atoms with van der Waals surface area (Å²) in [5.74, 6) is -4.52. The maximum atomic E-state index is 9.65. The minimum absolute atomic E-state index is 0.296. The van der Waals surface area contributed by atoms with Crippen molar-refractivity contribution < 1.29 is 49.6 Å². The van der Waals surface area contributed by atoms with E-state index in [-0.39, 0.29) is 0 Å². The molecule has 12 aromatic heterocycles. The molecule has 0 unspecified atom stereocenters. The van der Waals surface area contributed by atoms with Gasteiger partial charge in [-0.05, 0) is 401 Å². The van der Waals surface area contributed by atoms with Gasteiger partial charge in [0.2, 0.25) is 45.6 Å². The molecule has 12 heteroatoms. The van der Waals surface area contributed by atoms with Gasteiger partial charge in [0, 0.05) is 145 Å². The number of fused-ring (bicyclic) bond motifs is 12. The number of benzene rings is 4. The normalized spacial score (nSPS) is 23.0. The van der Waals surface area contributed by atoms with E-state index in [0.717, 1.165) is 326 Å². The molecule has 0 amide bonds. The summed E-state index contributed by atoms with van der Waals surface area (Å²) >= 11 is 0. The van der Waals surface area contributed by atoms with Crippen LogP contribution in [0, 0.1) is 79.4 Å². The molecular formula is C138H174N8O4+4. The van der Waals surface area contributed by atoms with Gasteiger partial charge in [-0.1, -0.05) is 169 Å². The Labute approximate surface area is 909 Å². The summed E-state index contributed by atoms with van der Waals surface area (Å²) in [6.07, 6.45) is 50.7. The number of furan rings is 4. The maximum Gasteiger partial charge on any atom is 0.227 e. The molecule has 2 spiro atoms. The first-order chi connectivity index (χ1) is 75.7. The molecule has 12 nitrogen and oxygen atoms in total. The first-order valence-corrected chi connectivity index (χ1v) is 58.1. The Morgan fingerprint density at radius 3 is 0.873 bits per heavy atom. The molecule has 0 bridgehead atoms. The van der Waals surface area contributed by atoms with E-state index in [9.17, 15) is 9.60 Å². The monoisotopic (exact) mass is 2020 g/mol. The van der Waals surface area contributed by atoms with E-state index in [0.29, 0.717) is 84.7 Å². The van der Waals surface area contributed by atoms with Crippen LogP contribution in [0.25, 0.3) is 133 Å². The van der Waals surface area contributed by atoms with Gasteiger partial charge in [0.25, 0.3) is 0 Å². The van der Waals surface area contributed by atoms with Gasteiger partial charge in [0.15, 0.2) is 47.1 Å². The SMILES string of the molecule is [2H]C([2H])([2H])c1c[n+](C)c(-c2c(C)ccc3c2oc2nc(C)ccc23)cc1C1([2H])CCC2(CCCCC2)CC1.[2H]C1(c2cc[n+](C)c(-c3c(C)ccc4c3oc3nc(C5([2H])CCC(C)(C)CC5)ccc34)c2)CCC(C)(C)CC1.[2H]C1(c2cc[n+](C)c(-c3c(C)ccc4c3oc3nc(C5([2H])CCC(C)(C)CC5)ccc34)c2)CCC(CC)(CC)CC1.[2H]C1(c2cc[n+](C)c(-c3c(C)ccc4c3oc3nc(C5([2H])CCC(C)(C)CC5)ccc34)c2)CCC2(CCCCC2)CC1. The second-order valence-corrected chi connectivity index (χ2v) is 51.4. The van der Waals surface area contributed by atoms with Gasteiger partial charge in [-0.3, -0.25) is 0 Å². The van der Waals surface area contributed by atoms with E-state index >= 15 is 0 Å². The lowest BCUT2D eigenvalue weighted by atomic mass is 9.62. The number of aryl methyl sites for hydroxylation is 10. The van der Waals surface area contributed by atoms with E-state index < -0.39 is 48.1 Å². The smallest absolute Gasteiger partial charge is 0.227 e. The Balaban J connectivity index is 0.000000119. The molecule has 0 saturated heterocycles. The summed E-state index contributed by atoms with van der Waals surface area (Å²) in [6, 6.07) is 48.9. The van der Waals surface area contributed by atoms with Crippen molar-refractivity contribution in [3.05, 3.63) is 237 Å². The van der Waals surface area contributed by atoms with Gasteiger partial charge in [-0.25, -0.2) is 38.2 Å². The molecule has 0 radical (unpaired) electrons. The zero-order chi connectivity index (χ0) is 113. The first kappa shape index (κ1) is 91.9.